The van der Waals surface area contributed by atoms with Crippen LogP contribution < -0.4 is 0 Å². The van der Waals surface area contributed by atoms with Crippen LogP contribution in [0.4, 0.5) is 0 Å². The molecule has 8 rings (SSSR count). The molecule has 5 saturated heterocycles. The molecular weight excluding hydrogens is 760 g/mol. The summed E-state index contributed by atoms with van der Waals surface area (Å²) in [5.74, 6) is -2.23. The van der Waals surface area contributed by atoms with Gasteiger partial charge >= 0.3 is 5.97 Å². The topological polar surface area (TPSA) is 189 Å². The molecule has 0 aromatic heterocycles. The molecule has 0 amide bonds. The Kier molecular flexibility index (Phi) is 12.5. The van der Waals surface area contributed by atoms with Crippen LogP contribution in [-0.4, -0.2) is 153 Å². The Bertz CT molecular complexity index is 1540. The highest BCUT2D eigenvalue weighted by molar-refractivity contribution is 5.75. The van der Waals surface area contributed by atoms with Gasteiger partial charge in [0.15, 0.2) is 18.9 Å². The molecule has 16 nitrogen and oxygen atoms in total. The van der Waals surface area contributed by atoms with E-state index in [1.807, 2.05) is 26.8 Å². The van der Waals surface area contributed by atoms with Crippen LogP contribution in [0.2, 0.25) is 0 Å². The van der Waals surface area contributed by atoms with Crippen molar-refractivity contribution in [2.75, 3.05) is 27.9 Å². The van der Waals surface area contributed by atoms with E-state index in [0.717, 1.165) is 24.0 Å². The smallest absolute Gasteiger partial charge is 0.312 e. The number of rotatable bonds is 9. The summed E-state index contributed by atoms with van der Waals surface area (Å²) in [4.78, 5) is 13.8. The van der Waals surface area contributed by atoms with Crippen LogP contribution >= 0.6 is 0 Å². The Hall–Kier alpha value is -1.77. The summed E-state index contributed by atoms with van der Waals surface area (Å²) in [6, 6.07) is 0. The maximum atomic E-state index is 13.8. The quantitative estimate of drug-likeness (QED) is 0.227. The number of hydrogen-bond acceptors (Lipinski definition) is 16. The summed E-state index contributed by atoms with van der Waals surface area (Å²) in [6.07, 6.45) is -2.69. The molecule has 2 aliphatic carbocycles. The van der Waals surface area contributed by atoms with Crippen molar-refractivity contribution in [2.24, 2.45) is 23.2 Å². The van der Waals surface area contributed by atoms with Gasteiger partial charge in [-0.05, 0) is 69.8 Å². The highest BCUT2D eigenvalue weighted by atomic mass is 16.8. The minimum absolute atomic E-state index is 0.152. The highest BCUT2D eigenvalue weighted by Crippen LogP contribution is 2.57. The average Bonchev–Trinajstić information content (AvgIpc) is 3.70. The maximum Gasteiger partial charge on any atom is 0.312 e. The Morgan fingerprint density at radius 1 is 0.793 bits per heavy atom. The molecule has 0 aromatic rings. The summed E-state index contributed by atoms with van der Waals surface area (Å²) < 4.78 is 73.1. The zero-order valence-electron chi connectivity index (χ0n) is 34.9. The lowest BCUT2D eigenvalue weighted by atomic mass is 9.55. The lowest BCUT2D eigenvalue weighted by Crippen LogP contribution is -2.61. The molecule has 0 radical (unpaired) electrons. The van der Waals surface area contributed by atoms with E-state index in [-0.39, 0.29) is 30.0 Å². The van der Waals surface area contributed by atoms with E-state index in [4.69, 9.17) is 56.8 Å². The lowest BCUT2D eigenvalue weighted by molar-refractivity contribution is -0.353. The van der Waals surface area contributed by atoms with Crippen LogP contribution in [0.15, 0.2) is 23.5 Å². The monoisotopic (exact) mass is 824 g/mol. The van der Waals surface area contributed by atoms with Crippen LogP contribution in [0.1, 0.15) is 79.6 Å². The number of carbonyl (C=O) groups excluding carboxylic acids is 1. The number of esters is 1. The first-order valence-corrected chi connectivity index (χ1v) is 21.2. The lowest BCUT2D eigenvalue weighted by Gasteiger charge is -2.52. The Morgan fingerprint density at radius 2 is 1.48 bits per heavy atom. The Labute approximate surface area is 340 Å². The van der Waals surface area contributed by atoms with E-state index in [1.165, 1.54) is 7.11 Å². The van der Waals surface area contributed by atoms with Gasteiger partial charge in [0.05, 0.1) is 67.4 Å². The van der Waals surface area contributed by atoms with Crippen molar-refractivity contribution < 1.29 is 77.0 Å². The molecule has 1 saturated carbocycles. The molecule has 6 heterocycles. The molecule has 0 unspecified atom stereocenters. The fourth-order valence-corrected chi connectivity index (χ4v) is 11.3. The van der Waals surface area contributed by atoms with Gasteiger partial charge in [0.2, 0.25) is 5.79 Å². The molecule has 0 bridgehead atoms. The van der Waals surface area contributed by atoms with Gasteiger partial charge in [-0.2, -0.15) is 0 Å². The third kappa shape index (κ3) is 7.70. The predicted molar refractivity (Wildman–Crippen MR) is 200 cm³/mol. The van der Waals surface area contributed by atoms with Gasteiger partial charge in [0, 0.05) is 41.1 Å². The Morgan fingerprint density at radius 3 is 2.21 bits per heavy atom. The number of carbonyl (C=O) groups is 1. The third-order valence-electron chi connectivity index (χ3n) is 14.6. The molecule has 0 aromatic carbocycles. The maximum absolute atomic E-state index is 13.8. The molecular formula is C42H64O16. The van der Waals surface area contributed by atoms with E-state index in [9.17, 15) is 20.1 Å². The SMILES string of the molecule is CO[C@@H]1[C@@H](O)[C@H](O[C@H]2CC[C@@]3(C)C(=C[C@H](O)[C@H]4C(=O)O[C@@H]5CO[C@]6(C)OC=C(CC[C@@H]43)[C@H]56)C2)O[C@H](C)[C@H]1O[C@H]1C[C@H](OC)[C@H](O[C@H]2C[C@H](OC)[C@H](O)[C@@H](C)O2)[C@H](C)O1. The normalized spacial score (nSPS) is 51.8. The number of fused-ring (bicyclic) bond motifs is 3. The van der Waals surface area contributed by atoms with Crippen molar-refractivity contribution in [1.29, 1.82) is 0 Å². The van der Waals surface area contributed by atoms with Gasteiger partial charge in [-0.1, -0.05) is 18.6 Å². The van der Waals surface area contributed by atoms with Gasteiger partial charge in [-0.15, -0.1) is 0 Å². The zero-order valence-corrected chi connectivity index (χ0v) is 34.9. The minimum Gasteiger partial charge on any atom is -0.469 e. The third-order valence-corrected chi connectivity index (χ3v) is 14.6. The highest BCUT2D eigenvalue weighted by Gasteiger charge is 2.59. The van der Waals surface area contributed by atoms with E-state index in [0.29, 0.717) is 32.1 Å². The van der Waals surface area contributed by atoms with Crippen LogP contribution in [0.3, 0.4) is 0 Å². The molecule has 21 atom stereocenters. The van der Waals surface area contributed by atoms with Crippen LogP contribution in [0, 0.1) is 23.2 Å². The number of aliphatic hydroxyl groups is 3. The predicted octanol–water partition coefficient (Wildman–Crippen LogP) is 2.63. The molecule has 6 aliphatic heterocycles. The number of methoxy groups -OCH3 is 3. The second-order valence-electron chi connectivity index (χ2n) is 18.0. The molecule has 16 heteroatoms. The zero-order chi connectivity index (χ0) is 41.3. The van der Waals surface area contributed by atoms with Crippen molar-refractivity contribution in [3.63, 3.8) is 0 Å². The fourth-order valence-electron chi connectivity index (χ4n) is 11.3. The van der Waals surface area contributed by atoms with Crippen molar-refractivity contribution in [1.82, 2.24) is 0 Å². The first-order chi connectivity index (χ1) is 27.7. The minimum atomic E-state index is -1.18. The molecule has 328 valence electrons. The molecule has 58 heavy (non-hydrogen) atoms. The van der Waals surface area contributed by atoms with Gasteiger partial charge in [0.1, 0.15) is 36.6 Å². The van der Waals surface area contributed by atoms with E-state index in [1.54, 1.807) is 27.4 Å². The van der Waals surface area contributed by atoms with Crippen molar-refractivity contribution in [3.8, 4) is 0 Å². The first kappa shape index (κ1) is 42.9. The number of ether oxygens (including phenoxy) is 12. The van der Waals surface area contributed by atoms with E-state index >= 15 is 0 Å². The molecule has 3 N–H and O–H groups in total. The summed E-state index contributed by atoms with van der Waals surface area (Å²) >= 11 is 0. The molecule has 8 aliphatic rings. The summed E-state index contributed by atoms with van der Waals surface area (Å²) in [5.41, 5.74) is 1.76. The van der Waals surface area contributed by atoms with Crippen molar-refractivity contribution in [3.05, 3.63) is 23.5 Å². The second kappa shape index (κ2) is 16.8. The van der Waals surface area contributed by atoms with Crippen molar-refractivity contribution >= 4 is 5.97 Å². The summed E-state index contributed by atoms with van der Waals surface area (Å²) in [6.45, 7) is 9.86. The van der Waals surface area contributed by atoms with Gasteiger partial charge in [0.25, 0.3) is 0 Å². The van der Waals surface area contributed by atoms with Crippen molar-refractivity contribution in [2.45, 2.75) is 184 Å². The largest absolute Gasteiger partial charge is 0.469 e. The van der Waals surface area contributed by atoms with Gasteiger partial charge in [-0.25, -0.2) is 0 Å². The van der Waals surface area contributed by atoms with E-state index < -0.39 is 110 Å². The van der Waals surface area contributed by atoms with E-state index in [2.05, 4.69) is 6.92 Å². The number of aliphatic hydroxyl groups excluding tert-OH is 3. The average molecular weight is 825 g/mol. The van der Waals surface area contributed by atoms with Crippen LogP contribution in [-0.2, 0) is 61.6 Å². The van der Waals surface area contributed by atoms with Crippen LogP contribution in [0.25, 0.3) is 0 Å². The molecule has 6 fully saturated rings. The first-order valence-electron chi connectivity index (χ1n) is 21.2. The second-order valence-corrected chi connectivity index (χ2v) is 18.0. The van der Waals surface area contributed by atoms with Gasteiger partial charge in [-0.3, -0.25) is 4.79 Å². The Balaban J connectivity index is 0.891. The summed E-state index contributed by atoms with van der Waals surface area (Å²) in [7, 11) is 4.69. The number of hydrogen-bond donors (Lipinski definition) is 3. The summed E-state index contributed by atoms with van der Waals surface area (Å²) in [5, 5.41) is 33.6. The standard InChI is InChI=1S/C42H64O16/c1-19-34(44)27(47-6)15-30(52-19)57-36-20(2)53-31(16-28(36)48-7)58-37-21(3)54-40(35(45)38(37)49-8)55-24-11-12-41(4)23(13-24)14-26(43)32-25(41)10-9-22-17-50-42(5)33(22)29(18-51-42)56-39(32)46/h14,17,19-21,24-38,40,43-45H,9-13,15-16,18H2,1-8H3/t19-,20+,21-,24+,25+,26+,27+,28+,29-,30+,31+,32+,33-,34-,35-,36-,37-,38-,40+,41+,42+/m1/s1. The van der Waals surface area contributed by atoms with Gasteiger partial charge < -0.3 is 72.2 Å². The van der Waals surface area contributed by atoms with Crippen LogP contribution in [0.5, 0.6) is 0 Å². The molecule has 0 spiro atoms. The fraction of sp³-hybridized carbons (Fsp3) is 0.881.